The molecule has 3 nitrogen and oxygen atoms in total. The molecular formula is C16H21NO2S. The zero-order valence-electron chi connectivity index (χ0n) is 12.2. The Hall–Kier alpha value is -1.39. The van der Waals surface area contributed by atoms with Crippen molar-refractivity contribution in [1.29, 1.82) is 0 Å². The molecular weight excluding hydrogens is 270 g/mol. The third-order valence-corrected chi connectivity index (χ3v) is 3.79. The number of hydrogen-bond acceptors (Lipinski definition) is 4. The van der Waals surface area contributed by atoms with Crippen LogP contribution in [0.1, 0.15) is 31.5 Å². The van der Waals surface area contributed by atoms with Gasteiger partial charge in [-0.1, -0.05) is 39.0 Å². The number of aliphatic hydroxyl groups is 1. The van der Waals surface area contributed by atoms with Crippen LogP contribution in [0.15, 0.2) is 35.7 Å². The molecule has 0 bridgehead atoms. The summed E-state index contributed by atoms with van der Waals surface area (Å²) in [5, 5.41) is 13.0. The van der Waals surface area contributed by atoms with Gasteiger partial charge in [0.2, 0.25) is 0 Å². The number of aliphatic hydroxyl groups excluding tert-OH is 1. The molecule has 0 aliphatic heterocycles. The predicted molar refractivity (Wildman–Crippen MR) is 82.5 cm³/mol. The first kappa shape index (κ1) is 15.0. The van der Waals surface area contributed by atoms with Gasteiger partial charge in [-0.2, -0.15) is 0 Å². The molecule has 0 saturated heterocycles. The molecule has 0 radical (unpaired) electrons. The Morgan fingerprint density at radius 1 is 1.25 bits per heavy atom. The molecule has 1 unspecified atom stereocenters. The lowest BCUT2D eigenvalue weighted by Crippen LogP contribution is -2.20. The molecule has 0 aliphatic carbocycles. The summed E-state index contributed by atoms with van der Waals surface area (Å²) in [7, 11) is 0. The summed E-state index contributed by atoms with van der Waals surface area (Å²) in [6.07, 6.45) is 0.00213. The molecule has 0 aliphatic rings. The maximum absolute atomic E-state index is 10.0. The van der Waals surface area contributed by atoms with E-state index in [1.54, 1.807) is 11.3 Å². The summed E-state index contributed by atoms with van der Waals surface area (Å²) in [4.78, 5) is 4.58. The molecule has 2 rings (SSSR count). The summed E-state index contributed by atoms with van der Waals surface area (Å²) in [6.45, 7) is 6.71. The van der Waals surface area contributed by atoms with Gasteiger partial charge in [-0.15, -0.1) is 11.3 Å². The van der Waals surface area contributed by atoms with Crippen molar-refractivity contribution < 1.29 is 9.84 Å². The molecule has 108 valence electrons. The normalized spacial score (nSPS) is 13.2. The highest BCUT2D eigenvalue weighted by Crippen LogP contribution is 2.24. The molecule has 0 spiro atoms. The summed E-state index contributed by atoms with van der Waals surface area (Å²) in [6, 6.07) is 9.53. The standard InChI is InChI=1S/C16H21NO2S/c1-16(2,3)14-11-20-15(17-14)9-12(18)10-19-13-7-5-4-6-8-13/h4-8,11-12,18H,9-10H2,1-3H3. The van der Waals surface area contributed by atoms with E-state index in [4.69, 9.17) is 4.74 Å². The first-order chi connectivity index (χ1) is 9.45. The van der Waals surface area contributed by atoms with Gasteiger partial charge in [0.15, 0.2) is 0 Å². The van der Waals surface area contributed by atoms with Crippen molar-refractivity contribution in [3.63, 3.8) is 0 Å². The SMILES string of the molecule is CC(C)(C)c1csc(CC(O)COc2ccccc2)n1. The number of thiazole rings is 1. The number of ether oxygens (including phenoxy) is 1. The quantitative estimate of drug-likeness (QED) is 0.918. The highest BCUT2D eigenvalue weighted by molar-refractivity contribution is 7.09. The lowest BCUT2D eigenvalue weighted by molar-refractivity contribution is 0.107. The zero-order valence-corrected chi connectivity index (χ0v) is 13.0. The molecule has 1 aromatic heterocycles. The van der Waals surface area contributed by atoms with Crippen LogP contribution in [0.4, 0.5) is 0 Å². The number of rotatable bonds is 5. The number of nitrogens with zero attached hydrogens (tertiary/aromatic N) is 1. The third-order valence-electron chi connectivity index (χ3n) is 2.92. The molecule has 4 heteroatoms. The second-order valence-corrected chi connectivity index (χ2v) is 6.80. The number of benzene rings is 1. The number of para-hydroxylation sites is 1. The molecule has 1 heterocycles. The third kappa shape index (κ3) is 4.32. The van der Waals surface area contributed by atoms with E-state index in [0.717, 1.165) is 16.5 Å². The summed E-state index contributed by atoms with van der Waals surface area (Å²) < 4.78 is 5.54. The van der Waals surface area contributed by atoms with Crippen LogP contribution in [0.5, 0.6) is 5.75 Å². The maximum atomic E-state index is 10.0. The van der Waals surface area contributed by atoms with Gasteiger partial charge in [-0.05, 0) is 12.1 Å². The van der Waals surface area contributed by atoms with Crippen molar-refractivity contribution in [2.24, 2.45) is 0 Å². The van der Waals surface area contributed by atoms with E-state index in [2.05, 4.69) is 31.1 Å². The van der Waals surface area contributed by atoms with Gasteiger partial charge in [0.25, 0.3) is 0 Å². The Morgan fingerprint density at radius 3 is 2.55 bits per heavy atom. The maximum Gasteiger partial charge on any atom is 0.119 e. The van der Waals surface area contributed by atoms with E-state index in [1.807, 2.05) is 30.3 Å². The number of aromatic nitrogens is 1. The van der Waals surface area contributed by atoms with Gasteiger partial charge < -0.3 is 9.84 Å². The van der Waals surface area contributed by atoms with Crippen LogP contribution in [0.3, 0.4) is 0 Å². The van der Waals surface area contributed by atoms with E-state index in [0.29, 0.717) is 6.42 Å². The van der Waals surface area contributed by atoms with Gasteiger partial charge in [-0.25, -0.2) is 4.98 Å². The van der Waals surface area contributed by atoms with Gasteiger partial charge in [-0.3, -0.25) is 0 Å². The Bertz CT molecular complexity index is 531. The summed E-state index contributed by atoms with van der Waals surface area (Å²) in [5.41, 5.74) is 1.13. The van der Waals surface area contributed by atoms with E-state index in [1.165, 1.54) is 0 Å². The zero-order chi connectivity index (χ0) is 14.6. The Morgan fingerprint density at radius 2 is 1.95 bits per heavy atom. The van der Waals surface area contributed by atoms with Crippen LogP contribution in [-0.2, 0) is 11.8 Å². The van der Waals surface area contributed by atoms with Crippen LogP contribution in [0.25, 0.3) is 0 Å². The van der Waals surface area contributed by atoms with Crippen LogP contribution in [-0.4, -0.2) is 22.8 Å². The van der Waals surface area contributed by atoms with Crippen molar-refractivity contribution in [3.05, 3.63) is 46.4 Å². The lowest BCUT2D eigenvalue weighted by atomic mass is 9.93. The van der Waals surface area contributed by atoms with Crippen LogP contribution in [0, 0.1) is 0 Å². The fourth-order valence-electron chi connectivity index (χ4n) is 1.72. The van der Waals surface area contributed by atoms with E-state index < -0.39 is 6.10 Å². The van der Waals surface area contributed by atoms with E-state index >= 15 is 0 Å². The Labute approximate surface area is 124 Å². The van der Waals surface area contributed by atoms with Crippen LogP contribution in [0.2, 0.25) is 0 Å². The summed E-state index contributed by atoms with van der Waals surface area (Å²) >= 11 is 1.60. The average Bonchev–Trinajstić information content (AvgIpc) is 2.86. The van der Waals surface area contributed by atoms with Crippen molar-refractivity contribution in [2.75, 3.05) is 6.61 Å². The van der Waals surface area contributed by atoms with E-state index in [-0.39, 0.29) is 12.0 Å². The van der Waals surface area contributed by atoms with Crippen molar-refractivity contribution in [2.45, 2.75) is 38.7 Å². The van der Waals surface area contributed by atoms with Crippen LogP contribution < -0.4 is 4.74 Å². The van der Waals surface area contributed by atoms with Crippen molar-refractivity contribution >= 4 is 11.3 Å². The van der Waals surface area contributed by atoms with Crippen LogP contribution >= 0.6 is 11.3 Å². The average molecular weight is 291 g/mol. The molecule has 1 atom stereocenters. The minimum Gasteiger partial charge on any atom is -0.491 e. The van der Waals surface area contributed by atoms with Crippen molar-refractivity contribution in [1.82, 2.24) is 4.98 Å². The molecule has 20 heavy (non-hydrogen) atoms. The Balaban J connectivity index is 1.85. The topological polar surface area (TPSA) is 42.4 Å². The van der Waals surface area contributed by atoms with Gasteiger partial charge in [0.1, 0.15) is 12.4 Å². The first-order valence-electron chi connectivity index (χ1n) is 6.76. The molecule has 0 saturated carbocycles. The summed E-state index contributed by atoms with van der Waals surface area (Å²) in [5.74, 6) is 0.779. The second-order valence-electron chi connectivity index (χ2n) is 5.86. The number of hydrogen-bond donors (Lipinski definition) is 1. The second kappa shape index (κ2) is 6.37. The lowest BCUT2D eigenvalue weighted by Gasteiger charge is -2.14. The minimum absolute atomic E-state index is 0.0558. The minimum atomic E-state index is -0.533. The molecule has 0 amide bonds. The largest absolute Gasteiger partial charge is 0.491 e. The van der Waals surface area contributed by atoms with E-state index in [9.17, 15) is 5.11 Å². The fraction of sp³-hybridized carbons (Fsp3) is 0.438. The highest BCUT2D eigenvalue weighted by Gasteiger charge is 2.18. The molecule has 2 aromatic rings. The fourth-order valence-corrected chi connectivity index (χ4v) is 2.81. The predicted octanol–water partition coefficient (Wildman–Crippen LogP) is 3.42. The Kier molecular flexibility index (Phi) is 4.78. The molecule has 1 N–H and O–H groups in total. The molecule has 0 fully saturated rings. The smallest absolute Gasteiger partial charge is 0.119 e. The first-order valence-corrected chi connectivity index (χ1v) is 7.64. The van der Waals surface area contributed by atoms with Gasteiger partial charge in [0.05, 0.1) is 16.8 Å². The van der Waals surface area contributed by atoms with Gasteiger partial charge in [0, 0.05) is 17.2 Å². The highest BCUT2D eigenvalue weighted by atomic mass is 32.1. The molecule has 1 aromatic carbocycles. The van der Waals surface area contributed by atoms with Crippen molar-refractivity contribution in [3.8, 4) is 5.75 Å². The van der Waals surface area contributed by atoms with Gasteiger partial charge >= 0.3 is 0 Å². The monoisotopic (exact) mass is 291 g/mol.